The van der Waals surface area contributed by atoms with E-state index in [0.29, 0.717) is 11.7 Å². The number of aromatic nitrogens is 2. The number of para-hydroxylation sites is 1. The summed E-state index contributed by atoms with van der Waals surface area (Å²) in [4.78, 5) is 9.44. The largest absolute Gasteiger partial charge is 0.334 e. The predicted octanol–water partition coefficient (Wildman–Crippen LogP) is 1.83. The molecule has 1 aromatic carbocycles. The molecule has 1 fully saturated rings. The molecule has 0 bridgehead atoms. The molecule has 76 valence electrons. The number of nitrogens with zero attached hydrogens (tertiary/aromatic N) is 3. The molecule has 0 saturated carbocycles. The van der Waals surface area contributed by atoms with E-state index in [1.165, 1.54) is 0 Å². The Bertz CT molecular complexity index is 469. The maximum Gasteiger partial charge on any atom is 0.281 e. The molecule has 2 heterocycles. The van der Waals surface area contributed by atoms with E-state index in [0.717, 1.165) is 5.69 Å². The van der Waals surface area contributed by atoms with Gasteiger partial charge in [-0.1, -0.05) is 23.4 Å². The van der Waals surface area contributed by atoms with Gasteiger partial charge in [0, 0.05) is 0 Å². The van der Waals surface area contributed by atoms with Gasteiger partial charge >= 0.3 is 0 Å². The van der Waals surface area contributed by atoms with Crippen molar-refractivity contribution in [3.8, 4) is 0 Å². The number of benzene rings is 1. The third-order valence-corrected chi connectivity index (χ3v) is 2.15. The van der Waals surface area contributed by atoms with Crippen molar-refractivity contribution in [3.05, 3.63) is 42.0 Å². The highest BCUT2D eigenvalue weighted by molar-refractivity contribution is 5.47. The molecule has 0 radical (unpaired) electrons. The molecular weight excluding hydrogens is 194 g/mol. The average molecular weight is 203 g/mol. The van der Waals surface area contributed by atoms with Crippen molar-refractivity contribution >= 4 is 5.69 Å². The molecule has 1 unspecified atom stereocenters. The molecule has 0 N–H and O–H groups in total. The lowest BCUT2D eigenvalue weighted by molar-refractivity contribution is 0.315. The monoisotopic (exact) mass is 203 g/mol. The number of hydrogen-bond acceptors (Lipinski definition) is 5. The van der Waals surface area contributed by atoms with Gasteiger partial charge in [-0.05, 0) is 19.1 Å². The highest BCUT2D eigenvalue weighted by Gasteiger charge is 2.43. The molecule has 2 aromatic rings. The molecule has 15 heavy (non-hydrogen) atoms. The highest BCUT2D eigenvalue weighted by atomic mass is 16.8. The Morgan fingerprint density at radius 3 is 2.73 bits per heavy atom. The molecule has 1 aromatic heterocycles. The molecule has 1 saturated heterocycles. The summed E-state index contributed by atoms with van der Waals surface area (Å²) in [6, 6.07) is 9.78. The summed E-state index contributed by atoms with van der Waals surface area (Å²) in [6.45, 7) is 1.78. The topological polar surface area (TPSA) is 54.5 Å². The molecule has 1 aliphatic rings. The quantitative estimate of drug-likeness (QED) is 0.697. The Balaban J connectivity index is 1.80. The maximum absolute atomic E-state index is 5.34. The highest BCUT2D eigenvalue weighted by Crippen LogP contribution is 2.40. The Labute approximate surface area is 86.2 Å². The van der Waals surface area contributed by atoms with Crippen LogP contribution in [0.5, 0.6) is 0 Å². The number of hydrogen-bond donors (Lipinski definition) is 0. The number of hydroxylamine groups is 1. The van der Waals surface area contributed by atoms with Gasteiger partial charge in [-0.15, -0.1) is 0 Å². The molecule has 0 spiro atoms. The molecule has 3 rings (SSSR count). The van der Waals surface area contributed by atoms with Crippen LogP contribution < -0.4 is 5.06 Å². The zero-order valence-corrected chi connectivity index (χ0v) is 8.12. The first-order valence-electron chi connectivity index (χ1n) is 4.66. The van der Waals surface area contributed by atoms with Crippen LogP contribution in [0.2, 0.25) is 0 Å². The summed E-state index contributed by atoms with van der Waals surface area (Å²) < 4.78 is 5.01. The first-order valence-corrected chi connectivity index (χ1v) is 4.66. The van der Waals surface area contributed by atoms with Crippen molar-refractivity contribution in [1.82, 2.24) is 10.1 Å². The molecule has 5 nitrogen and oxygen atoms in total. The van der Waals surface area contributed by atoms with Crippen LogP contribution in [0.15, 0.2) is 34.9 Å². The zero-order valence-electron chi connectivity index (χ0n) is 8.12. The minimum Gasteiger partial charge on any atom is -0.334 e. The van der Waals surface area contributed by atoms with Crippen molar-refractivity contribution in [1.29, 1.82) is 0 Å². The van der Waals surface area contributed by atoms with Gasteiger partial charge in [-0.2, -0.15) is 4.98 Å². The van der Waals surface area contributed by atoms with E-state index in [9.17, 15) is 0 Å². The fourth-order valence-corrected chi connectivity index (χ4v) is 1.41. The average Bonchev–Trinajstić information content (AvgIpc) is 2.96. The van der Waals surface area contributed by atoms with Crippen LogP contribution in [0.25, 0.3) is 0 Å². The van der Waals surface area contributed by atoms with E-state index in [4.69, 9.17) is 9.36 Å². The maximum atomic E-state index is 5.34. The van der Waals surface area contributed by atoms with Gasteiger partial charge in [0.15, 0.2) is 5.82 Å². The van der Waals surface area contributed by atoms with E-state index >= 15 is 0 Å². The predicted molar refractivity (Wildman–Crippen MR) is 51.8 cm³/mol. The number of aryl methyl sites for hydroxylation is 1. The Hall–Kier alpha value is -1.88. The van der Waals surface area contributed by atoms with Crippen LogP contribution >= 0.6 is 0 Å². The molecule has 0 aliphatic carbocycles. The second-order valence-corrected chi connectivity index (χ2v) is 3.30. The lowest BCUT2D eigenvalue weighted by Crippen LogP contribution is -1.93. The van der Waals surface area contributed by atoms with Crippen LogP contribution in [0.4, 0.5) is 5.69 Å². The smallest absolute Gasteiger partial charge is 0.281 e. The van der Waals surface area contributed by atoms with Crippen LogP contribution in [0.1, 0.15) is 17.9 Å². The van der Waals surface area contributed by atoms with Crippen molar-refractivity contribution in [3.63, 3.8) is 0 Å². The second-order valence-electron chi connectivity index (χ2n) is 3.30. The lowest BCUT2D eigenvalue weighted by Gasteiger charge is -1.95. The SMILES string of the molecule is Cc1noc(C2ON2c2ccccc2)n1. The number of rotatable bonds is 2. The van der Waals surface area contributed by atoms with Crippen LogP contribution in [0, 0.1) is 6.92 Å². The summed E-state index contributed by atoms with van der Waals surface area (Å²) in [5, 5.41) is 5.44. The van der Waals surface area contributed by atoms with E-state index in [1.807, 2.05) is 30.3 Å². The minimum absolute atomic E-state index is 0.228. The van der Waals surface area contributed by atoms with Crippen molar-refractivity contribution < 1.29 is 9.36 Å². The Morgan fingerprint density at radius 1 is 1.27 bits per heavy atom. The van der Waals surface area contributed by atoms with E-state index in [2.05, 4.69) is 10.1 Å². The summed E-state index contributed by atoms with van der Waals surface area (Å²) in [7, 11) is 0. The molecule has 1 atom stereocenters. The summed E-state index contributed by atoms with van der Waals surface area (Å²) in [6.07, 6.45) is -0.228. The fraction of sp³-hybridized carbons (Fsp3) is 0.200. The minimum atomic E-state index is -0.228. The Kier molecular flexibility index (Phi) is 1.72. The van der Waals surface area contributed by atoms with Gasteiger partial charge in [-0.3, -0.25) is 0 Å². The summed E-state index contributed by atoms with van der Waals surface area (Å²) in [5.41, 5.74) is 0.985. The third-order valence-electron chi connectivity index (χ3n) is 2.15. The third kappa shape index (κ3) is 1.46. The van der Waals surface area contributed by atoms with E-state index < -0.39 is 0 Å². The first-order chi connectivity index (χ1) is 7.34. The number of anilines is 1. The van der Waals surface area contributed by atoms with Gasteiger partial charge in [0.2, 0.25) is 0 Å². The molecular formula is C10H9N3O2. The summed E-state index contributed by atoms with van der Waals surface area (Å²) >= 11 is 0. The van der Waals surface area contributed by atoms with Gasteiger partial charge < -0.3 is 4.52 Å². The molecule has 1 aliphatic heterocycles. The molecule has 5 heteroatoms. The first kappa shape index (κ1) is 8.43. The molecule has 0 amide bonds. The lowest BCUT2D eigenvalue weighted by atomic mass is 10.3. The standard InChI is InChI=1S/C10H9N3O2/c1-7-11-9(14-12-7)10-13(15-10)8-5-3-2-4-6-8/h2-6,10H,1H3. The van der Waals surface area contributed by atoms with Gasteiger partial charge in [0.1, 0.15) is 0 Å². The van der Waals surface area contributed by atoms with Crippen LogP contribution in [-0.4, -0.2) is 10.1 Å². The van der Waals surface area contributed by atoms with Crippen LogP contribution in [0.3, 0.4) is 0 Å². The van der Waals surface area contributed by atoms with Crippen molar-refractivity contribution in [2.24, 2.45) is 0 Å². The fourth-order valence-electron chi connectivity index (χ4n) is 1.41. The summed E-state index contributed by atoms with van der Waals surface area (Å²) in [5.74, 6) is 1.12. The van der Waals surface area contributed by atoms with Crippen molar-refractivity contribution in [2.45, 2.75) is 13.2 Å². The van der Waals surface area contributed by atoms with Gasteiger partial charge in [0.05, 0.1) is 5.69 Å². The van der Waals surface area contributed by atoms with Crippen molar-refractivity contribution in [2.75, 3.05) is 5.06 Å². The van der Waals surface area contributed by atoms with Gasteiger partial charge in [-0.25, -0.2) is 9.90 Å². The van der Waals surface area contributed by atoms with Crippen LogP contribution in [-0.2, 0) is 4.84 Å². The zero-order chi connectivity index (χ0) is 10.3. The normalized spacial score (nSPS) is 19.3. The van der Waals surface area contributed by atoms with Gasteiger partial charge in [0.25, 0.3) is 12.1 Å². The second kappa shape index (κ2) is 3.06. The Morgan fingerprint density at radius 2 is 2.07 bits per heavy atom. The van der Waals surface area contributed by atoms with E-state index in [1.54, 1.807) is 12.0 Å². The van der Waals surface area contributed by atoms with E-state index in [-0.39, 0.29) is 6.23 Å².